The Hall–Kier alpha value is -1.11. The van der Waals surface area contributed by atoms with E-state index in [1.165, 1.54) is 18.4 Å². The lowest BCUT2D eigenvalue weighted by atomic mass is 10.2. The maximum atomic E-state index is 12.3. The van der Waals surface area contributed by atoms with Crippen LogP contribution in [0.4, 0.5) is 0 Å². The lowest BCUT2D eigenvalue weighted by Gasteiger charge is -2.06. The van der Waals surface area contributed by atoms with Gasteiger partial charge in [0.2, 0.25) is 0 Å². The zero-order valence-electron chi connectivity index (χ0n) is 10.8. The van der Waals surface area contributed by atoms with E-state index in [0.717, 1.165) is 10.1 Å². The number of carbonyl (C=O) groups is 1. The molecule has 0 aliphatic rings. The molecule has 1 unspecified atom stereocenters. The van der Waals surface area contributed by atoms with Crippen molar-refractivity contribution in [1.29, 1.82) is 4.78 Å². The van der Waals surface area contributed by atoms with E-state index in [-0.39, 0.29) is 11.7 Å². The lowest BCUT2D eigenvalue weighted by Crippen LogP contribution is -2.05. The highest BCUT2D eigenvalue weighted by Gasteiger charge is 2.14. The largest absolute Gasteiger partial charge is 0.465 e. The molecule has 2 aromatic rings. The number of thiophene rings is 1. The van der Waals surface area contributed by atoms with E-state index in [9.17, 15) is 9.00 Å². The van der Waals surface area contributed by atoms with Crippen molar-refractivity contribution >= 4 is 48.7 Å². The van der Waals surface area contributed by atoms with Crippen LogP contribution in [0.5, 0.6) is 0 Å². The predicted molar refractivity (Wildman–Crippen MR) is 82.5 cm³/mol. The van der Waals surface area contributed by atoms with Gasteiger partial charge in [0.15, 0.2) is 0 Å². The Morgan fingerprint density at radius 2 is 2.20 bits per heavy atom. The number of ether oxygens (including phenoxy) is 1. The molecule has 0 saturated heterocycles. The molecule has 1 aromatic heterocycles. The molecule has 0 amide bonds. The van der Waals surface area contributed by atoms with Crippen molar-refractivity contribution in [3.8, 4) is 0 Å². The molecule has 108 valence electrons. The van der Waals surface area contributed by atoms with Gasteiger partial charge in [-0.05, 0) is 36.1 Å². The maximum absolute atomic E-state index is 12.3. The molecule has 1 aromatic carbocycles. The quantitative estimate of drug-likeness (QED) is 0.670. The summed E-state index contributed by atoms with van der Waals surface area (Å²) < 4.78 is 25.8. The Balaban J connectivity index is 2.41. The monoisotopic (exact) mass is 331 g/mol. The summed E-state index contributed by atoms with van der Waals surface area (Å²) in [5, 5.41) is 0.804. The summed E-state index contributed by atoms with van der Waals surface area (Å²) in [6.07, 6.45) is 0.541. The average molecular weight is 332 g/mol. The molecule has 0 radical (unpaired) electrons. The normalized spacial score (nSPS) is 14.1. The van der Waals surface area contributed by atoms with Crippen LogP contribution in [0.2, 0.25) is 0 Å². The third kappa shape index (κ3) is 3.13. The smallest absolute Gasteiger partial charge is 0.348 e. The van der Waals surface area contributed by atoms with E-state index in [4.69, 9.17) is 16.4 Å². The highest BCUT2D eigenvalue weighted by Crippen LogP contribution is 2.29. The first-order valence-electron chi connectivity index (χ1n) is 5.92. The molecule has 0 spiro atoms. The zero-order chi connectivity index (χ0) is 14.8. The molecule has 0 saturated carbocycles. The molecule has 4 nitrogen and oxygen atoms in total. The Labute approximate surface area is 126 Å². The predicted octanol–water partition coefficient (Wildman–Crippen LogP) is 3.72. The molecule has 1 N–H and O–H groups in total. The molecular weight excluding hydrogens is 318 g/mol. The zero-order valence-corrected chi connectivity index (χ0v) is 13.2. The van der Waals surface area contributed by atoms with Gasteiger partial charge in [-0.2, -0.15) is 0 Å². The molecule has 0 bridgehead atoms. The van der Waals surface area contributed by atoms with Crippen molar-refractivity contribution in [3.63, 3.8) is 0 Å². The van der Waals surface area contributed by atoms with Crippen LogP contribution in [0, 0.1) is 4.78 Å². The number of halogens is 1. The topological polar surface area (TPSA) is 67.2 Å². The number of rotatable bonds is 5. The van der Waals surface area contributed by atoms with Crippen molar-refractivity contribution in [2.24, 2.45) is 0 Å². The van der Waals surface area contributed by atoms with Gasteiger partial charge in [0.25, 0.3) is 0 Å². The lowest BCUT2D eigenvalue weighted by molar-refractivity contribution is 0.0606. The average Bonchev–Trinajstić information content (AvgIpc) is 2.87. The van der Waals surface area contributed by atoms with Gasteiger partial charge in [-0.3, -0.25) is 0 Å². The molecule has 20 heavy (non-hydrogen) atoms. The van der Waals surface area contributed by atoms with Gasteiger partial charge in [-0.25, -0.2) is 13.8 Å². The van der Waals surface area contributed by atoms with Gasteiger partial charge in [0.1, 0.15) is 4.88 Å². The minimum absolute atomic E-state index is 0.246. The number of hydrogen-bond donors (Lipinski definition) is 1. The van der Waals surface area contributed by atoms with Gasteiger partial charge in [0.05, 0.1) is 16.8 Å². The summed E-state index contributed by atoms with van der Waals surface area (Å²) in [6.45, 7) is 0. The molecule has 0 aliphatic carbocycles. The maximum Gasteiger partial charge on any atom is 0.348 e. The fourth-order valence-electron chi connectivity index (χ4n) is 1.80. The number of methoxy groups -OCH3 is 1. The first kappa shape index (κ1) is 15.3. The second-order valence-corrected chi connectivity index (χ2v) is 7.92. The fraction of sp³-hybridized carbons (Fsp3) is 0.308. The van der Waals surface area contributed by atoms with E-state index in [0.29, 0.717) is 22.1 Å². The van der Waals surface area contributed by atoms with Crippen LogP contribution >= 0.6 is 22.9 Å². The van der Waals surface area contributed by atoms with Gasteiger partial charge in [-0.1, -0.05) is 0 Å². The number of carbonyl (C=O) groups excluding carboxylic acids is 1. The number of hydrogen-bond acceptors (Lipinski definition) is 5. The fourth-order valence-corrected chi connectivity index (χ4v) is 4.45. The number of fused-ring (bicyclic) bond motifs is 1. The first-order chi connectivity index (χ1) is 9.47. The highest BCUT2D eigenvalue weighted by molar-refractivity contribution is 7.92. The minimum Gasteiger partial charge on any atom is -0.465 e. The standard InChI is InChI=1S/C13H14ClNO3S2/c1-18-13(16)12-8-9-7-10(3-4-11(9)19-12)20(15,17)6-2-5-14/h3-4,7-8,15H,2,5-6H2,1H3. The summed E-state index contributed by atoms with van der Waals surface area (Å²) in [7, 11) is -1.49. The summed E-state index contributed by atoms with van der Waals surface area (Å²) in [5.41, 5.74) is 0. The van der Waals surface area contributed by atoms with Crippen LogP contribution in [0.3, 0.4) is 0 Å². The molecule has 2 rings (SSSR count). The highest BCUT2D eigenvalue weighted by atomic mass is 35.5. The number of esters is 1. The number of nitrogens with one attached hydrogen (secondary N) is 1. The van der Waals surface area contributed by atoms with Gasteiger partial charge < -0.3 is 4.74 Å². The van der Waals surface area contributed by atoms with Crippen LogP contribution in [0.15, 0.2) is 29.2 Å². The summed E-state index contributed by atoms with van der Waals surface area (Å²) >= 11 is 6.90. The van der Waals surface area contributed by atoms with Crippen molar-refractivity contribution in [3.05, 3.63) is 29.1 Å². The third-order valence-corrected chi connectivity index (χ3v) is 6.06. The summed E-state index contributed by atoms with van der Waals surface area (Å²) in [6, 6.07) is 6.88. The van der Waals surface area contributed by atoms with E-state index >= 15 is 0 Å². The second-order valence-electron chi connectivity index (χ2n) is 4.22. The van der Waals surface area contributed by atoms with E-state index in [2.05, 4.69) is 4.74 Å². The van der Waals surface area contributed by atoms with Crippen LogP contribution in [-0.4, -0.2) is 28.9 Å². The summed E-state index contributed by atoms with van der Waals surface area (Å²) in [5.74, 6) is 0.250. The van der Waals surface area contributed by atoms with Crippen molar-refractivity contribution in [1.82, 2.24) is 0 Å². The Morgan fingerprint density at radius 1 is 1.45 bits per heavy atom. The van der Waals surface area contributed by atoms with E-state index in [1.54, 1.807) is 24.3 Å². The Morgan fingerprint density at radius 3 is 2.85 bits per heavy atom. The van der Waals surface area contributed by atoms with Crippen molar-refractivity contribution in [2.75, 3.05) is 18.7 Å². The molecule has 1 heterocycles. The van der Waals surface area contributed by atoms with Crippen LogP contribution < -0.4 is 0 Å². The van der Waals surface area contributed by atoms with Gasteiger partial charge in [-0.15, -0.1) is 22.9 Å². The van der Waals surface area contributed by atoms with Crippen LogP contribution in [0.1, 0.15) is 16.1 Å². The SMILES string of the molecule is COC(=O)c1cc2cc(S(=N)(=O)CCCCl)ccc2s1. The van der Waals surface area contributed by atoms with Crippen molar-refractivity contribution < 1.29 is 13.7 Å². The van der Waals surface area contributed by atoms with Crippen LogP contribution in [-0.2, 0) is 14.5 Å². The van der Waals surface area contributed by atoms with E-state index < -0.39 is 9.73 Å². The number of benzene rings is 1. The molecule has 7 heteroatoms. The second kappa shape index (κ2) is 6.11. The van der Waals surface area contributed by atoms with Gasteiger partial charge in [0, 0.05) is 21.2 Å². The number of alkyl halides is 1. The Kier molecular flexibility index (Phi) is 4.67. The first-order valence-corrected chi connectivity index (χ1v) is 9.00. The molecule has 1 atom stereocenters. The van der Waals surface area contributed by atoms with Gasteiger partial charge >= 0.3 is 5.97 Å². The third-order valence-electron chi connectivity index (χ3n) is 2.82. The molecule has 0 fully saturated rings. The Bertz CT molecular complexity index is 737. The molecular formula is C13H14ClNO3S2. The molecule has 0 aliphatic heterocycles. The van der Waals surface area contributed by atoms with Crippen LogP contribution in [0.25, 0.3) is 10.1 Å². The van der Waals surface area contributed by atoms with E-state index in [1.807, 2.05) is 0 Å². The summed E-state index contributed by atoms with van der Waals surface area (Å²) in [4.78, 5) is 12.5. The van der Waals surface area contributed by atoms with Crippen molar-refractivity contribution in [2.45, 2.75) is 11.3 Å². The minimum atomic E-state index is -2.83.